The van der Waals surface area contributed by atoms with Crippen molar-refractivity contribution in [3.8, 4) is 17.2 Å². The molecular weight excluding hydrogens is 275 g/mol. The molecule has 2 aromatic rings. The van der Waals surface area contributed by atoms with Crippen LogP contribution in [-0.4, -0.2) is 25.9 Å². The van der Waals surface area contributed by atoms with Crippen LogP contribution >= 0.6 is 0 Å². The highest BCUT2D eigenvalue weighted by molar-refractivity contribution is 5.42. The molecule has 0 fully saturated rings. The van der Waals surface area contributed by atoms with E-state index in [2.05, 4.69) is 0 Å². The van der Waals surface area contributed by atoms with E-state index in [1.54, 1.807) is 32.4 Å². The number of rotatable bonds is 6. The number of benzene rings is 2. The van der Waals surface area contributed by atoms with E-state index in [1.807, 2.05) is 0 Å². The van der Waals surface area contributed by atoms with Crippen LogP contribution in [0, 0.1) is 5.82 Å². The van der Waals surface area contributed by atoms with Crippen LogP contribution in [0.2, 0.25) is 0 Å². The smallest absolute Gasteiger partial charge is 0.126 e. The fourth-order valence-corrected chi connectivity index (χ4v) is 1.82. The standard InChI is InChI=1S/C16H17FO4/c1-19-13-7-14(20-2)9-15(8-13)21-10-16(18)11-3-5-12(17)6-4-11/h3-9,16,18H,10H2,1-2H3. The zero-order valence-corrected chi connectivity index (χ0v) is 11.9. The van der Waals surface area contributed by atoms with E-state index in [9.17, 15) is 9.50 Å². The van der Waals surface area contributed by atoms with Crippen molar-refractivity contribution in [1.82, 2.24) is 0 Å². The molecule has 21 heavy (non-hydrogen) atoms. The van der Waals surface area contributed by atoms with E-state index < -0.39 is 6.10 Å². The van der Waals surface area contributed by atoms with Gasteiger partial charge in [0, 0.05) is 18.2 Å². The van der Waals surface area contributed by atoms with Gasteiger partial charge in [-0.2, -0.15) is 0 Å². The van der Waals surface area contributed by atoms with Gasteiger partial charge in [0.1, 0.15) is 35.8 Å². The summed E-state index contributed by atoms with van der Waals surface area (Å²) < 4.78 is 28.6. The highest BCUT2D eigenvalue weighted by Crippen LogP contribution is 2.28. The Bertz CT molecular complexity index is 561. The van der Waals surface area contributed by atoms with Gasteiger partial charge in [-0.15, -0.1) is 0 Å². The second-order valence-corrected chi connectivity index (χ2v) is 4.43. The minimum absolute atomic E-state index is 0.0436. The predicted molar refractivity (Wildman–Crippen MR) is 76.4 cm³/mol. The molecule has 0 aliphatic heterocycles. The normalized spacial score (nSPS) is 11.8. The Morgan fingerprint density at radius 3 is 2.00 bits per heavy atom. The molecule has 0 bridgehead atoms. The summed E-state index contributed by atoms with van der Waals surface area (Å²) in [6, 6.07) is 10.8. The van der Waals surface area contributed by atoms with Crippen molar-refractivity contribution in [2.75, 3.05) is 20.8 Å². The average Bonchev–Trinajstić information content (AvgIpc) is 2.52. The van der Waals surface area contributed by atoms with Crippen LogP contribution in [-0.2, 0) is 0 Å². The third-order valence-electron chi connectivity index (χ3n) is 2.99. The summed E-state index contributed by atoms with van der Waals surface area (Å²) >= 11 is 0. The molecule has 2 aromatic carbocycles. The molecule has 1 N–H and O–H groups in total. The van der Waals surface area contributed by atoms with Crippen molar-refractivity contribution in [2.24, 2.45) is 0 Å². The fourth-order valence-electron chi connectivity index (χ4n) is 1.82. The maximum absolute atomic E-state index is 12.8. The SMILES string of the molecule is COc1cc(OC)cc(OCC(O)c2ccc(F)cc2)c1. The van der Waals surface area contributed by atoms with Gasteiger partial charge in [-0.05, 0) is 17.7 Å². The minimum Gasteiger partial charge on any atom is -0.496 e. The van der Waals surface area contributed by atoms with Crippen LogP contribution in [0.4, 0.5) is 4.39 Å². The fraction of sp³-hybridized carbons (Fsp3) is 0.250. The lowest BCUT2D eigenvalue weighted by molar-refractivity contribution is 0.108. The summed E-state index contributed by atoms with van der Waals surface area (Å²) in [7, 11) is 3.10. The van der Waals surface area contributed by atoms with Crippen LogP contribution < -0.4 is 14.2 Å². The molecule has 0 amide bonds. The molecule has 0 aliphatic rings. The second-order valence-electron chi connectivity index (χ2n) is 4.43. The Morgan fingerprint density at radius 2 is 1.48 bits per heavy atom. The van der Waals surface area contributed by atoms with Crippen molar-refractivity contribution >= 4 is 0 Å². The number of hydrogen-bond acceptors (Lipinski definition) is 4. The number of ether oxygens (including phenoxy) is 3. The van der Waals surface area contributed by atoms with Crippen LogP contribution in [0.3, 0.4) is 0 Å². The topological polar surface area (TPSA) is 47.9 Å². The molecule has 0 radical (unpaired) electrons. The van der Waals surface area contributed by atoms with Gasteiger partial charge in [0.25, 0.3) is 0 Å². The zero-order valence-electron chi connectivity index (χ0n) is 11.9. The Kier molecular flexibility index (Phi) is 5.00. The summed E-state index contributed by atoms with van der Waals surface area (Å²) in [4.78, 5) is 0. The highest BCUT2D eigenvalue weighted by atomic mass is 19.1. The third kappa shape index (κ3) is 4.10. The van der Waals surface area contributed by atoms with Gasteiger partial charge >= 0.3 is 0 Å². The van der Waals surface area contributed by atoms with Crippen molar-refractivity contribution in [3.63, 3.8) is 0 Å². The number of aliphatic hydroxyl groups is 1. The lowest BCUT2D eigenvalue weighted by atomic mass is 10.1. The van der Waals surface area contributed by atoms with Gasteiger partial charge in [0.05, 0.1) is 14.2 Å². The lowest BCUT2D eigenvalue weighted by Crippen LogP contribution is -2.09. The Hall–Kier alpha value is -2.27. The second kappa shape index (κ2) is 6.95. The zero-order chi connectivity index (χ0) is 15.2. The van der Waals surface area contributed by atoms with Gasteiger partial charge in [-0.3, -0.25) is 0 Å². The van der Waals surface area contributed by atoms with E-state index in [0.717, 1.165) is 0 Å². The van der Waals surface area contributed by atoms with E-state index in [-0.39, 0.29) is 12.4 Å². The Morgan fingerprint density at radius 1 is 0.952 bits per heavy atom. The van der Waals surface area contributed by atoms with Crippen molar-refractivity contribution in [3.05, 3.63) is 53.8 Å². The van der Waals surface area contributed by atoms with E-state index in [4.69, 9.17) is 14.2 Å². The molecule has 2 rings (SSSR count). The van der Waals surface area contributed by atoms with Crippen LogP contribution in [0.25, 0.3) is 0 Å². The maximum Gasteiger partial charge on any atom is 0.126 e. The molecule has 0 aromatic heterocycles. The quantitative estimate of drug-likeness (QED) is 0.889. The van der Waals surface area contributed by atoms with Crippen molar-refractivity contribution in [1.29, 1.82) is 0 Å². The van der Waals surface area contributed by atoms with Gasteiger partial charge in [0.15, 0.2) is 0 Å². The van der Waals surface area contributed by atoms with E-state index in [1.165, 1.54) is 24.3 Å². The first-order valence-electron chi connectivity index (χ1n) is 6.42. The monoisotopic (exact) mass is 292 g/mol. The molecule has 0 saturated carbocycles. The first-order valence-corrected chi connectivity index (χ1v) is 6.42. The van der Waals surface area contributed by atoms with Crippen LogP contribution in [0.5, 0.6) is 17.2 Å². The number of halogens is 1. The van der Waals surface area contributed by atoms with E-state index >= 15 is 0 Å². The first kappa shape index (κ1) is 15.1. The summed E-state index contributed by atoms with van der Waals surface area (Å²) in [6.07, 6.45) is -0.845. The Labute approximate surface area is 122 Å². The predicted octanol–water partition coefficient (Wildman–Crippen LogP) is 2.96. The first-order chi connectivity index (χ1) is 10.1. The average molecular weight is 292 g/mol. The number of aliphatic hydroxyl groups excluding tert-OH is 1. The van der Waals surface area contributed by atoms with Gasteiger partial charge in [0.2, 0.25) is 0 Å². The Balaban J connectivity index is 2.03. The van der Waals surface area contributed by atoms with Crippen molar-refractivity contribution < 1.29 is 23.7 Å². The highest BCUT2D eigenvalue weighted by Gasteiger charge is 2.10. The molecule has 112 valence electrons. The summed E-state index contributed by atoms with van der Waals surface area (Å²) in [5.41, 5.74) is 0.589. The summed E-state index contributed by atoms with van der Waals surface area (Å²) in [5.74, 6) is 1.37. The number of hydrogen-bond donors (Lipinski definition) is 1. The van der Waals surface area contributed by atoms with E-state index in [0.29, 0.717) is 22.8 Å². The molecule has 5 heteroatoms. The molecule has 0 heterocycles. The largest absolute Gasteiger partial charge is 0.496 e. The molecule has 1 atom stereocenters. The summed E-state index contributed by atoms with van der Waals surface area (Å²) in [5, 5.41) is 10.0. The van der Waals surface area contributed by atoms with Gasteiger partial charge in [-0.1, -0.05) is 12.1 Å². The maximum atomic E-state index is 12.8. The minimum atomic E-state index is -0.845. The molecule has 4 nitrogen and oxygen atoms in total. The summed E-state index contributed by atoms with van der Waals surface area (Å²) in [6.45, 7) is 0.0436. The molecule has 0 aliphatic carbocycles. The van der Waals surface area contributed by atoms with Crippen molar-refractivity contribution in [2.45, 2.75) is 6.10 Å². The molecule has 0 saturated heterocycles. The lowest BCUT2D eigenvalue weighted by Gasteiger charge is -2.14. The van der Waals surface area contributed by atoms with Crippen LogP contribution in [0.1, 0.15) is 11.7 Å². The molecule has 1 unspecified atom stereocenters. The molecule has 0 spiro atoms. The number of methoxy groups -OCH3 is 2. The van der Waals surface area contributed by atoms with Gasteiger partial charge in [-0.25, -0.2) is 4.39 Å². The van der Waals surface area contributed by atoms with Crippen LogP contribution in [0.15, 0.2) is 42.5 Å². The third-order valence-corrected chi connectivity index (χ3v) is 2.99. The van der Waals surface area contributed by atoms with Gasteiger partial charge < -0.3 is 19.3 Å². The molecular formula is C16H17FO4.